The van der Waals surface area contributed by atoms with Crippen LogP contribution in [0, 0.1) is 5.92 Å². The molecule has 19 heavy (non-hydrogen) atoms. The fourth-order valence-corrected chi connectivity index (χ4v) is 3.39. The van der Waals surface area contributed by atoms with Gasteiger partial charge in [0.25, 0.3) is 0 Å². The van der Waals surface area contributed by atoms with Crippen molar-refractivity contribution in [3.63, 3.8) is 0 Å². The van der Waals surface area contributed by atoms with Crippen LogP contribution in [-0.2, 0) is 4.79 Å². The van der Waals surface area contributed by atoms with E-state index in [-0.39, 0.29) is 0 Å². The number of amides is 1. The lowest BCUT2D eigenvalue weighted by molar-refractivity contribution is -0.131. The fourth-order valence-electron chi connectivity index (χ4n) is 3.39. The first kappa shape index (κ1) is 14.6. The number of rotatable bonds is 6. The maximum atomic E-state index is 12.4. The van der Waals surface area contributed by atoms with Crippen LogP contribution in [-0.4, -0.2) is 36.5 Å². The van der Waals surface area contributed by atoms with E-state index in [1.165, 1.54) is 38.5 Å². The molecule has 1 heterocycles. The van der Waals surface area contributed by atoms with Gasteiger partial charge in [0.2, 0.25) is 5.91 Å². The van der Waals surface area contributed by atoms with Crippen molar-refractivity contribution in [2.45, 2.75) is 57.4 Å². The average molecular weight is 264 g/mol. The molecule has 1 saturated heterocycles. The lowest BCUT2D eigenvalue weighted by Gasteiger charge is -2.30. The lowest BCUT2D eigenvalue weighted by Crippen LogP contribution is -2.39. The normalized spacial score (nSPS) is 24.3. The van der Waals surface area contributed by atoms with E-state index in [1.807, 2.05) is 11.0 Å². The van der Waals surface area contributed by atoms with E-state index >= 15 is 0 Å². The second-order valence-electron chi connectivity index (χ2n) is 6.09. The maximum absolute atomic E-state index is 12.4. The van der Waals surface area contributed by atoms with Gasteiger partial charge < -0.3 is 10.2 Å². The molecule has 2 aliphatic rings. The summed E-state index contributed by atoms with van der Waals surface area (Å²) >= 11 is 0. The molecule has 1 saturated carbocycles. The third-order valence-electron chi connectivity index (χ3n) is 4.49. The summed E-state index contributed by atoms with van der Waals surface area (Å²) in [7, 11) is 0. The van der Waals surface area contributed by atoms with Crippen LogP contribution >= 0.6 is 0 Å². The predicted octanol–water partition coefficient (Wildman–Crippen LogP) is 2.72. The molecular formula is C16H28N2O. The van der Waals surface area contributed by atoms with Gasteiger partial charge in [-0.05, 0) is 38.1 Å². The summed E-state index contributed by atoms with van der Waals surface area (Å²) in [5, 5.41) is 3.41. The standard InChI is InChI=1S/C16H28N2O/c1-2-11-18(13-14-7-4-3-5-8-14)16(19)12-15-9-6-10-17-15/h2,14-15,17H,1,3-13H2. The highest BCUT2D eigenvalue weighted by molar-refractivity contribution is 5.77. The van der Waals surface area contributed by atoms with Gasteiger partial charge in [0.15, 0.2) is 0 Å². The number of carbonyl (C=O) groups excluding carboxylic acids is 1. The van der Waals surface area contributed by atoms with Crippen molar-refractivity contribution >= 4 is 5.91 Å². The van der Waals surface area contributed by atoms with Crippen molar-refractivity contribution in [2.24, 2.45) is 5.92 Å². The summed E-state index contributed by atoms with van der Waals surface area (Å²) in [6, 6.07) is 0.408. The van der Waals surface area contributed by atoms with E-state index in [0.717, 1.165) is 19.5 Å². The molecule has 3 nitrogen and oxygen atoms in total. The van der Waals surface area contributed by atoms with Gasteiger partial charge in [0.1, 0.15) is 0 Å². The number of hydrogen-bond acceptors (Lipinski definition) is 2. The van der Waals surface area contributed by atoms with Crippen molar-refractivity contribution in [3.05, 3.63) is 12.7 Å². The first-order valence-electron chi connectivity index (χ1n) is 7.91. The largest absolute Gasteiger partial charge is 0.339 e. The van der Waals surface area contributed by atoms with Crippen LogP contribution in [0.4, 0.5) is 0 Å². The van der Waals surface area contributed by atoms with Crippen LogP contribution < -0.4 is 5.32 Å². The van der Waals surface area contributed by atoms with Crippen LogP contribution in [0.5, 0.6) is 0 Å². The van der Waals surface area contributed by atoms with E-state index in [4.69, 9.17) is 0 Å². The van der Waals surface area contributed by atoms with Crippen LogP contribution in [0.15, 0.2) is 12.7 Å². The zero-order valence-corrected chi connectivity index (χ0v) is 12.1. The summed E-state index contributed by atoms with van der Waals surface area (Å²) in [4.78, 5) is 14.4. The highest BCUT2D eigenvalue weighted by Crippen LogP contribution is 2.24. The zero-order valence-electron chi connectivity index (χ0n) is 12.1. The van der Waals surface area contributed by atoms with Gasteiger partial charge in [-0.25, -0.2) is 0 Å². The highest BCUT2D eigenvalue weighted by Gasteiger charge is 2.23. The zero-order chi connectivity index (χ0) is 13.5. The van der Waals surface area contributed by atoms with Gasteiger partial charge in [-0.3, -0.25) is 4.79 Å². The van der Waals surface area contributed by atoms with Gasteiger partial charge in [-0.2, -0.15) is 0 Å². The Kier molecular flexibility index (Phi) is 5.90. The summed E-state index contributed by atoms with van der Waals surface area (Å²) in [5.41, 5.74) is 0. The Morgan fingerprint density at radius 1 is 1.21 bits per heavy atom. The lowest BCUT2D eigenvalue weighted by atomic mass is 9.89. The molecule has 108 valence electrons. The summed E-state index contributed by atoms with van der Waals surface area (Å²) in [6.45, 7) is 6.52. The molecule has 1 N–H and O–H groups in total. The molecule has 1 atom stereocenters. The van der Waals surface area contributed by atoms with Gasteiger partial charge in [-0.1, -0.05) is 25.3 Å². The highest BCUT2D eigenvalue weighted by atomic mass is 16.2. The Bertz CT molecular complexity index is 291. The molecule has 1 aliphatic heterocycles. The molecule has 1 unspecified atom stereocenters. The Morgan fingerprint density at radius 2 is 2.00 bits per heavy atom. The summed E-state index contributed by atoms with van der Waals surface area (Å²) in [6.07, 6.45) is 11.5. The molecule has 2 fully saturated rings. The number of nitrogens with one attached hydrogen (secondary N) is 1. The molecule has 0 bridgehead atoms. The van der Waals surface area contributed by atoms with Crippen molar-refractivity contribution in [1.29, 1.82) is 0 Å². The SMILES string of the molecule is C=CCN(CC1CCCCC1)C(=O)CC1CCCN1. The first-order valence-corrected chi connectivity index (χ1v) is 7.91. The topological polar surface area (TPSA) is 32.3 Å². The minimum absolute atomic E-state index is 0.310. The minimum Gasteiger partial charge on any atom is -0.339 e. The van der Waals surface area contributed by atoms with E-state index in [9.17, 15) is 4.79 Å². The van der Waals surface area contributed by atoms with E-state index < -0.39 is 0 Å². The molecule has 0 radical (unpaired) electrons. The fraction of sp³-hybridized carbons (Fsp3) is 0.812. The smallest absolute Gasteiger partial charge is 0.224 e. The molecule has 3 heteroatoms. The van der Waals surface area contributed by atoms with Crippen LogP contribution in [0.2, 0.25) is 0 Å². The van der Waals surface area contributed by atoms with Crippen molar-refractivity contribution < 1.29 is 4.79 Å². The van der Waals surface area contributed by atoms with Gasteiger partial charge in [-0.15, -0.1) is 6.58 Å². The quantitative estimate of drug-likeness (QED) is 0.748. The third-order valence-corrected chi connectivity index (χ3v) is 4.49. The predicted molar refractivity (Wildman–Crippen MR) is 79.0 cm³/mol. The van der Waals surface area contributed by atoms with Crippen molar-refractivity contribution in [1.82, 2.24) is 10.2 Å². The monoisotopic (exact) mass is 264 g/mol. The Balaban J connectivity index is 1.82. The molecule has 0 aromatic rings. The minimum atomic E-state index is 0.310. The van der Waals surface area contributed by atoms with E-state index in [1.54, 1.807) is 0 Å². The molecule has 2 rings (SSSR count). The number of hydrogen-bond donors (Lipinski definition) is 1. The summed E-state index contributed by atoms with van der Waals surface area (Å²) in [5.74, 6) is 1.03. The molecular weight excluding hydrogens is 236 g/mol. The Morgan fingerprint density at radius 3 is 2.63 bits per heavy atom. The molecule has 1 aliphatic carbocycles. The van der Waals surface area contributed by atoms with Crippen LogP contribution in [0.25, 0.3) is 0 Å². The van der Waals surface area contributed by atoms with Gasteiger partial charge >= 0.3 is 0 Å². The molecule has 1 amide bonds. The van der Waals surface area contributed by atoms with Crippen molar-refractivity contribution in [2.75, 3.05) is 19.6 Å². The maximum Gasteiger partial charge on any atom is 0.224 e. The molecule has 0 aromatic heterocycles. The Hall–Kier alpha value is -0.830. The van der Waals surface area contributed by atoms with E-state index in [0.29, 0.717) is 30.8 Å². The second kappa shape index (κ2) is 7.68. The third kappa shape index (κ3) is 4.64. The second-order valence-corrected chi connectivity index (χ2v) is 6.09. The van der Waals surface area contributed by atoms with E-state index in [2.05, 4.69) is 11.9 Å². The number of nitrogens with zero attached hydrogens (tertiary/aromatic N) is 1. The molecule has 0 aromatic carbocycles. The van der Waals surface area contributed by atoms with Gasteiger partial charge in [0.05, 0.1) is 0 Å². The summed E-state index contributed by atoms with van der Waals surface area (Å²) < 4.78 is 0. The average Bonchev–Trinajstić information content (AvgIpc) is 2.92. The molecule has 0 spiro atoms. The van der Waals surface area contributed by atoms with Crippen molar-refractivity contribution in [3.8, 4) is 0 Å². The first-order chi connectivity index (χ1) is 9.29. The van der Waals surface area contributed by atoms with Crippen LogP contribution in [0.1, 0.15) is 51.4 Å². The van der Waals surface area contributed by atoms with Crippen LogP contribution in [0.3, 0.4) is 0 Å². The number of carbonyl (C=O) groups is 1. The Labute approximate surface area is 117 Å². The van der Waals surface area contributed by atoms with Gasteiger partial charge in [0, 0.05) is 25.6 Å².